The molecule has 8 nitrogen and oxygen atoms in total. The summed E-state index contributed by atoms with van der Waals surface area (Å²) < 4.78 is 0. The van der Waals surface area contributed by atoms with Crippen molar-refractivity contribution in [2.45, 2.75) is 43.8 Å². The lowest BCUT2D eigenvalue weighted by Crippen LogP contribution is -2.55. The molecule has 7 N–H and O–H groups in total. The number of hydrogen-bond donors (Lipinski definition) is 6. The lowest BCUT2D eigenvalue weighted by molar-refractivity contribution is -0.142. The number of carboxylic acid groups (broad SMARTS) is 1. The van der Waals surface area contributed by atoms with E-state index in [-0.39, 0.29) is 12.2 Å². The molecule has 0 unspecified atom stereocenters. The van der Waals surface area contributed by atoms with Gasteiger partial charge in [-0.05, 0) is 24.9 Å². The van der Waals surface area contributed by atoms with Crippen LogP contribution in [0.1, 0.15) is 24.8 Å². The Morgan fingerprint density at radius 2 is 1.67 bits per heavy atom. The Hall–Kier alpha value is -2.10. The Morgan fingerprint density at radius 3 is 2.22 bits per heavy atom. The molecule has 1 aromatic rings. The van der Waals surface area contributed by atoms with Crippen LogP contribution in [-0.2, 0) is 20.8 Å². The maximum atomic E-state index is 12.4. The summed E-state index contributed by atoms with van der Waals surface area (Å²) in [5.74, 6) is -2.23. The number of nitrogens with one attached hydrogen (secondary N) is 2. The van der Waals surface area contributed by atoms with E-state index in [1.165, 1.54) is 0 Å². The van der Waals surface area contributed by atoms with Gasteiger partial charge >= 0.3 is 5.97 Å². The first-order valence-corrected chi connectivity index (χ1v) is 9.46. The van der Waals surface area contributed by atoms with Gasteiger partial charge in [0.05, 0.1) is 6.04 Å². The molecule has 0 saturated carbocycles. The van der Waals surface area contributed by atoms with Crippen LogP contribution in [0.25, 0.3) is 0 Å². The molecule has 0 aliphatic carbocycles. The maximum absolute atomic E-state index is 12.4. The highest BCUT2D eigenvalue weighted by molar-refractivity contribution is 7.80. The Labute approximate surface area is 164 Å². The summed E-state index contributed by atoms with van der Waals surface area (Å²) in [5, 5.41) is 14.4. The molecule has 0 bridgehead atoms. The van der Waals surface area contributed by atoms with Crippen LogP contribution in [0, 0.1) is 0 Å². The van der Waals surface area contributed by atoms with E-state index in [0.29, 0.717) is 19.4 Å². The van der Waals surface area contributed by atoms with E-state index in [1.807, 2.05) is 6.07 Å². The van der Waals surface area contributed by atoms with Gasteiger partial charge < -0.3 is 27.2 Å². The number of nitrogens with two attached hydrogens (primary N) is 2. The van der Waals surface area contributed by atoms with Gasteiger partial charge in [0.25, 0.3) is 0 Å². The SMILES string of the molecule is NCCCC[C@H](N)C(=O)N[C@@H](CS)C(=O)N[C@@H](Cc1ccccc1)C(=O)O. The highest BCUT2D eigenvalue weighted by Gasteiger charge is 2.27. The molecule has 0 aliphatic rings. The van der Waals surface area contributed by atoms with Crippen molar-refractivity contribution in [1.29, 1.82) is 0 Å². The van der Waals surface area contributed by atoms with Gasteiger partial charge in [-0.3, -0.25) is 9.59 Å². The maximum Gasteiger partial charge on any atom is 0.326 e. The molecule has 1 aromatic carbocycles. The van der Waals surface area contributed by atoms with Gasteiger partial charge in [-0.15, -0.1) is 0 Å². The zero-order valence-corrected chi connectivity index (χ0v) is 16.0. The van der Waals surface area contributed by atoms with Crippen LogP contribution in [-0.4, -0.2) is 53.3 Å². The predicted molar refractivity (Wildman–Crippen MR) is 106 cm³/mol. The molecule has 0 aromatic heterocycles. The van der Waals surface area contributed by atoms with Crippen molar-refractivity contribution in [1.82, 2.24) is 10.6 Å². The number of carbonyl (C=O) groups excluding carboxylic acids is 2. The fraction of sp³-hybridized carbons (Fsp3) is 0.500. The predicted octanol–water partition coefficient (Wildman–Crippen LogP) is -0.331. The van der Waals surface area contributed by atoms with Crippen LogP contribution in [0.5, 0.6) is 0 Å². The molecule has 150 valence electrons. The molecule has 1 rings (SSSR count). The average molecular weight is 397 g/mol. The van der Waals surface area contributed by atoms with E-state index in [2.05, 4.69) is 23.3 Å². The molecule has 2 amide bonds. The minimum absolute atomic E-state index is 0.0186. The minimum Gasteiger partial charge on any atom is -0.480 e. The van der Waals surface area contributed by atoms with E-state index in [4.69, 9.17) is 11.5 Å². The molecule has 27 heavy (non-hydrogen) atoms. The minimum atomic E-state index is -1.16. The van der Waals surface area contributed by atoms with Gasteiger partial charge in [0.15, 0.2) is 0 Å². The van der Waals surface area contributed by atoms with Gasteiger partial charge in [-0.25, -0.2) is 4.79 Å². The topological polar surface area (TPSA) is 148 Å². The summed E-state index contributed by atoms with van der Waals surface area (Å²) in [6.45, 7) is 0.522. The van der Waals surface area contributed by atoms with E-state index < -0.39 is 35.9 Å². The summed E-state index contributed by atoms with van der Waals surface area (Å²) in [6.07, 6.45) is 2.06. The van der Waals surface area contributed by atoms with Gasteiger partial charge in [-0.2, -0.15) is 12.6 Å². The Balaban J connectivity index is 2.63. The van der Waals surface area contributed by atoms with E-state index >= 15 is 0 Å². The van der Waals surface area contributed by atoms with E-state index in [0.717, 1.165) is 12.0 Å². The first kappa shape index (κ1) is 22.9. The molecular formula is C18H28N4O4S. The lowest BCUT2D eigenvalue weighted by Gasteiger charge is -2.22. The molecule has 0 heterocycles. The number of benzene rings is 1. The van der Waals surface area contributed by atoms with Crippen LogP contribution in [0.3, 0.4) is 0 Å². The number of hydrogen-bond acceptors (Lipinski definition) is 6. The zero-order chi connectivity index (χ0) is 20.2. The number of aliphatic carboxylic acids is 1. The number of unbranched alkanes of at least 4 members (excludes halogenated alkanes) is 1. The van der Waals surface area contributed by atoms with Crippen LogP contribution in [0.4, 0.5) is 0 Å². The first-order chi connectivity index (χ1) is 12.9. The van der Waals surface area contributed by atoms with Crippen LogP contribution in [0.15, 0.2) is 30.3 Å². The summed E-state index contributed by atoms with van der Waals surface area (Å²) in [6, 6.07) is 6.11. The molecule has 0 fully saturated rings. The number of rotatable bonds is 12. The largest absolute Gasteiger partial charge is 0.480 e. The number of amides is 2. The van der Waals surface area contributed by atoms with E-state index in [9.17, 15) is 19.5 Å². The van der Waals surface area contributed by atoms with Crippen molar-refractivity contribution >= 4 is 30.4 Å². The monoisotopic (exact) mass is 396 g/mol. The third-order valence-electron chi connectivity index (χ3n) is 4.02. The van der Waals surface area contributed by atoms with Gasteiger partial charge in [-0.1, -0.05) is 36.8 Å². The van der Waals surface area contributed by atoms with Crippen LogP contribution in [0.2, 0.25) is 0 Å². The number of thiol groups is 1. The molecule has 0 saturated heterocycles. The Kier molecular flexibility index (Phi) is 10.5. The second kappa shape index (κ2) is 12.3. The summed E-state index contributed by atoms with van der Waals surface area (Å²) in [5.41, 5.74) is 12.0. The third kappa shape index (κ3) is 8.42. The molecule has 0 radical (unpaired) electrons. The van der Waals surface area contributed by atoms with Crippen molar-refractivity contribution in [3.63, 3.8) is 0 Å². The fourth-order valence-electron chi connectivity index (χ4n) is 2.43. The lowest BCUT2D eigenvalue weighted by atomic mass is 10.1. The highest BCUT2D eigenvalue weighted by atomic mass is 32.1. The van der Waals surface area contributed by atoms with E-state index in [1.54, 1.807) is 24.3 Å². The molecular weight excluding hydrogens is 368 g/mol. The quantitative estimate of drug-likeness (QED) is 0.211. The second-order valence-electron chi connectivity index (χ2n) is 6.22. The normalized spacial score (nSPS) is 14.0. The van der Waals surface area contributed by atoms with Gasteiger partial charge in [0.2, 0.25) is 11.8 Å². The van der Waals surface area contributed by atoms with Crippen LogP contribution < -0.4 is 22.1 Å². The Bertz CT molecular complexity index is 615. The van der Waals surface area contributed by atoms with Crippen molar-refractivity contribution < 1.29 is 19.5 Å². The number of carboxylic acids is 1. The summed E-state index contributed by atoms with van der Waals surface area (Å²) in [7, 11) is 0. The van der Waals surface area contributed by atoms with Crippen LogP contribution >= 0.6 is 12.6 Å². The van der Waals surface area contributed by atoms with Crippen molar-refractivity contribution in [2.24, 2.45) is 11.5 Å². The summed E-state index contributed by atoms with van der Waals surface area (Å²) in [4.78, 5) is 36.0. The number of carbonyl (C=O) groups is 3. The van der Waals surface area contributed by atoms with Crippen molar-refractivity contribution in [2.75, 3.05) is 12.3 Å². The average Bonchev–Trinajstić information content (AvgIpc) is 2.66. The Morgan fingerprint density at radius 1 is 1.04 bits per heavy atom. The zero-order valence-electron chi connectivity index (χ0n) is 15.1. The van der Waals surface area contributed by atoms with Gasteiger partial charge in [0.1, 0.15) is 12.1 Å². The van der Waals surface area contributed by atoms with Crippen molar-refractivity contribution in [3.05, 3.63) is 35.9 Å². The summed E-state index contributed by atoms with van der Waals surface area (Å²) >= 11 is 4.08. The smallest absolute Gasteiger partial charge is 0.326 e. The van der Waals surface area contributed by atoms with Gasteiger partial charge in [0, 0.05) is 12.2 Å². The van der Waals surface area contributed by atoms with Crippen molar-refractivity contribution in [3.8, 4) is 0 Å². The second-order valence-corrected chi connectivity index (χ2v) is 6.59. The molecule has 0 aliphatic heterocycles. The first-order valence-electron chi connectivity index (χ1n) is 8.83. The third-order valence-corrected chi connectivity index (χ3v) is 4.38. The fourth-order valence-corrected chi connectivity index (χ4v) is 2.69. The highest BCUT2D eigenvalue weighted by Crippen LogP contribution is 2.05. The standard InChI is InChI=1S/C18H28N4O4S/c19-9-5-4-8-13(20)16(23)22-15(11-27)17(24)21-14(18(25)26)10-12-6-2-1-3-7-12/h1-3,6-7,13-15,27H,4-5,8-11,19-20H2,(H,21,24)(H,22,23)(H,25,26)/t13-,14-,15-/m0/s1. The molecule has 0 spiro atoms. The molecule has 3 atom stereocenters. The molecule has 9 heteroatoms.